The average Bonchev–Trinajstić information content (AvgIpc) is 2.70. The summed E-state index contributed by atoms with van der Waals surface area (Å²) in [5.74, 6) is 1.85. The summed E-state index contributed by atoms with van der Waals surface area (Å²) in [4.78, 5) is 0. The number of methoxy groups -OCH3 is 1. The molecular formula is C24H39N2O3P. The molecule has 6 heteroatoms. The molecule has 5 nitrogen and oxygen atoms in total. The number of benzene rings is 1. The molecule has 1 unspecified atom stereocenters. The molecule has 30 heavy (non-hydrogen) atoms. The van der Waals surface area contributed by atoms with Crippen molar-refractivity contribution in [2.24, 2.45) is 5.92 Å². The van der Waals surface area contributed by atoms with Gasteiger partial charge in [0, 0.05) is 5.41 Å². The molecule has 0 heterocycles. The Labute approximate surface area is 183 Å². The minimum absolute atomic E-state index is 0.170. The first-order valence-electron chi connectivity index (χ1n) is 11.1. The highest BCUT2D eigenvalue weighted by Gasteiger charge is 2.49. The molecule has 0 N–H and O–H groups in total. The van der Waals surface area contributed by atoms with E-state index in [0.29, 0.717) is 18.4 Å². The normalized spacial score (nSPS) is 24.1. The van der Waals surface area contributed by atoms with Crippen LogP contribution in [0.1, 0.15) is 62.6 Å². The predicted octanol–water partition coefficient (Wildman–Crippen LogP) is 5.61. The standard InChI is InChI=1S/C24H39N2O3P/c1-17(2)19-11-14-22-20(23(19)28-8)12-13-21-18(3)10-9-15-24(21,22)16-29-30(27,25(4)5)26(6)7/h10-11,14,17,21H,9,12-13,15-16H2,1-8H3/t21?,24-/m0/s1. The van der Waals surface area contributed by atoms with Crippen molar-refractivity contribution in [1.29, 1.82) is 0 Å². The topological polar surface area (TPSA) is 42.0 Å². The Balaban J connectivity index is 2.12. The van der Waals surface area contributed by atoms with Crippen LogP contribution in [0.5, 0.6) is 5.75 Å². The quantitative estimate of drug-likeness (QED) is 0.412. The van der Waals surface area contributed by atoms with Gasteiger partial charge in [-0.1, -0.05) is 37.6 Å². The van der Waals surface area contributed by atoms with Gasteiger partial charge in [-0.2, -0.15) is 0 Å². The lowest BCUT2D eigenvalue weighted by Crippen LogP contribution is -2.46. The van der Waals surface area contributed by atoms with Gasteiger partial charge in [-0.25, -0.2) is 9.34 Å². The van der Waals surface area contributed by atoms with Crippen molar-refractivity contribution < 1.29 is 13.8 Å². The Morgan fingerprint density at radius 2 is 1.87 bits per heavy atom. The molecule has 0 aromatic heterocycles. The van der Waals surface area contributed by atoms with Crippen LogP contribution in [0, 0.1) is 5.92 Å². The average molecular weight is 435 g/mol. The van der Waals surface area contributed by atoms with Crippen LogP contribution < -0.4 is 4.74 Å². The summed E-state index contributed by atoms with van der Waals surface area (Å²) in [5.41, 5.74) is 5.18. The van der Waals surface area contributed by atoms with Gasteiger partial charge in [0.05, 0.1) is 13.7 Å². The fourth-order valence-corrected chi connectivity index (χ4v) is 7.10. The molecule has 3 rings (SSSR count). The van der Waals surface area contributed by atoms with E-state index in [-0.39, 0.29) is 5.41 Å². The molecule has 168 valence electrons. The Morgan fingerprint density at radius 1 is 1.20 bits per heavy atom. The summed E-state index contributed by atoms with van der Waals surface area (Å²) in [6, 6.07) is 4.54. The zero-order chi connectivity index (χ0) is 22.3. The van der Waals surface area contributed by atoms with Crippen molar-refractivity contribution in [1.82, 2.24) is 9.34 Å². The van der Waals surface area contributed by atoms with Crippen LogP contribution in [0.4, 0.5) is 0 Å². The monoisotopic (exact) mass is 434 g/mol. The van der Waals surface area contributed by atoms with Crippen molar-refractivity contribution in [2.75, 3.05) is 41.9 Å². The summed E-state index contributed by atoms with van der Waals surface area (Å²) < 4.78 is 29.3. The zero-order valence-electron chi connectivity index (χ0n) is 20.0. The van der Waals surface area contributed by atoms with E-state index in [4.69, 9.17) is 9.26 Å². The summed E-state index contributed by atoms with van der Waals surface area (Å²) in [6.07, 6.45) is 6.49. The van der Waals surface area contributed by atoms with Gasteiger partial charge in [0.15, 0.2) is 0 Å². The molecule has 1 aromatic rings. The lowest BCUT2D eigenvalue weighted by atomic mass is 9.57. The molecule has 2 atom stereocenters. The predicted molar refractivity (Wildman–Crippen MR) is 124 cm³/mol. The SMILES string of the molecule is COc1c(C(C)C)ccc2c1CCC1C(C)=CCC[C@@]21COP(=O)(N(C)C)N(C)C. The smallest absolute Gasteiger partial charge is 0.345 e. The first-order valence-corrected chi connectivity index (χ1v) is 12.6. The van der Waals surface area contributed by atoms with E-state index >= 15 is 0 Å². The van der Waals surface area contributed by atoms with Gasteiger partial charge in [-0.15, -0.1) is 0 Å². The van der Waals surface area contributed by atoms with Crippen LogP contribution in [0.15, 0.2) is 23.8 Å². The molecule has 0 aliphatic heterocycles. The number of rotatable bonds is 7. The Bertz CT molecular complexity index is 850. The van der Waals surface area contributed by atoms with Gasteiger partial charge in [0.2, 0.25) is 0 Å². The maximum absolute atomic E-state index is 13.6. The fraction of sp³-hybridized carbons (Fsp3) is 0.667. The third kappa shape index (κ3) is 3.79. The molecule has 0 amide bonds. The van der Waals surface area contributed by atoms with Crippen molar-refractivity contribution in [3.05, 3.63) is 40.5 Å². The molecule has 0 saturated heterocycles. The Morgan fingerprint density at radius 3 is 2.43 bits per heavy atom. The van der Waals surface area contributed by atoms with Crippen LogP contribution in [0.3, 0.4) is 0 Å². The molecule has 0 bridgehead atoms. The maximum atomic E-state index is 13.6. The highest BCUT2D eigenvalue weighted by atomic mass is 31.2. The second kappa shape index (κ2) is 8.78. The minimum Gasteiger partial charge on any atom is -0.496 e. The lowest BCUT2D eigenvalue weighted by Gasteiger charge is -2.49. The molecular weight excluding hydrogens is 395 g/mol. The molecule has 0 saturated carbocycles. The molecule has 1 aromatic carbocycles. The van der Waals surface area contributed by atoms with Crippen molar-refractivity contribution in [3.63, 3.8) is 0 Å². The van der Waals surface area contributed by atoms with E-state index in [1.165, 1.54) is 22.3 Å². The molecule has 0 radical (unpaired) electrons. The van der Waals surface area contributed by atoms with Gasteiger partial charge >= 0.3 is 7.67 Å². The highest BCUT2D eigenvalue weighted by Crippen LogP contribution is 2.57. The number of ether oxygens (including phenoxy) is 1. The summed E-state index contributed by atoms with van der Waals surface area (Å²) in [5, 5.41) is 0. The number of fused-ring (bicyclic) bond motifs is 3. The van der Waals surface area contributed by atoms with Gasteiger partial charge < -0.3 is 9.26 Å². The van der Waals surface area contributed by atoms with Gasteiger partial charge in [0.1, 0.15) is 5.75 Å². The van der Waals surface area contributed by atoms with Crippen LogP contribution in [0.2, 0.25) is 0 Å². The lowest BCUT2D eigenvalue weighted by molar-refractivity contribution is 0.121. The molecule has 2 aliphatic rings. The third-order valence-electron chi connectivity index (χ3n) is 7.11. The second-order valence-corrected chi connectivity index (χ2v) is 12.4. The summed E-state index contributed by atoms with van der Waals surface area (Å²) >= 11 is 0. The van der Waals surface area contributed by atoms with Crippen LogP contribution in [0.25, 0.3) is 0 Å². The first-order chi connectivity index (χ1) is 14.1. The Hall–Kier alpha value is -1.13. The first kappa shape index (κ1) is 23.5. The van der Waals surface area contributed by atoms with Crippen molar-refractivity contribution in [2.45, 2.75) is 57.8 Å². The number of hydrogen-bond acceptors (Lipinski definition) is 3. The van der Waals surface area contributed by atoms with Crippen LogP contribution in [-0.4, -0.2) is 51.2 Å². The van der Waals surface area contributed by atoms with Gasteiger partial charge in [-0.05, 0) is 89.3 Å². The largest absolute Gasteiger partial charge is 0.496 e. The number of nitrogens with zero attached hydrogens (tertiary/aromatic N) is 2. The third-order valence-corrected chi connectivity index (χ3v) is 9.60. The molecule has 0 spiro atoms. The van der Waals surface area contributed by atoms with Gasteiger partial charge in [-0.3, -0.25) is 4.57 Å². The highest BCUT2D eigenvalue weighted by molar-refractivity contribution is 7.53. The second-order valence-electron chi connectivity index (χ2n) is 9.56. The zero-order valence-corrected chi connectivity index (χ0v) is 20.9. The van der Waals surface area contributed by atoms with Crippen LogP contribution in [-0.2, 0) is 20.9 Å². The molecule has 0 fully saturated rings. The number of hydrogen-bond donors (Lipinski definition) is 0. The fourth-order valence-electron chi connectivity index (χ4n) is 5.52. The Kier molecular flexibility index (Phi) is 6.89. The van der Waals surface area contributed by atoms with E-state index in [2.05, 4.69) is 39.0 Å². The number of allylic oxidation sites excluding steroid dienone is 2. The van der Waals surface area contributed by atoms with E-state index in [1.807, 2.05) is 28.2 Å². The van der Waals surface area contributed by atoms with Crippen LogP contribution >= 0.6 is 7.67 Å². The summed E-state index contributed by atoms with van der Waals surface area (Å²) in [7, 11) is 6.04. The van der Waals surface area contributed by atoms with E-state index in [0.717, 1.165) is 31.4 Å². The van der Waals surface area contributed by atoms with E-state index in [1.54, 1.807) is 16.5 Å². The van der Waals surface area contributed by atoms with E-state index in [9.17, 15) is 4.57 Å². The molecule has 2 aliphatic carbocycles. The van der Waals surface area contributed by atoms with Gasteiger partial charge in [0.25, 0.3) is 0 Å². The summed E-state index contributed by atoms with van der Waals surface area (Å²) in [6.45, 7) is 7.13. The van der Waals surface area contributed by atoms with E-state index < -0.39 is 7.67 Å². The minimum atomic E-state index is -3.06. The van der Waals surface area contributed by atoms with Crippen molar-refractivity contribution >= 4 is 7.67 Å². The van der Waals surface area contributed by atoms with Crippen molar-refractivity contribution in [3.8, 4) is 5.75 Å². The maximum Gasteiger partial charge on any atom is 0.345 e.